The van der Waals surface area contributed by atoms with Gasteiger partial charge in [-0.05, 0) is 31.5 Å². The molecule has 0 radical (unpaired) electrons. The first-order valence-corrected chi connectivity index (χ1v) is 7.06. The van der Waals surface area contributed by atoms with Crippen LogP contribution in [0.2, 0.25) is 0 Å². The number of aromatic nitrogens is 1. The maximum Gasteiger partial charge on any atom is 0.0808 e. The van der Waals surface area contributed by atoms with E-state index in [4.69, 9.17) is 0 Å². The van der Waals surface area contributed by atoms with Gasteiger partial charge in [-0.2, -0.15) is 0 Å². The predicted molar refractivity (Wildman–Crippen MR) is 83.3 cm³/mol. The predicted octanol–water partition coefficient (Wildman–Crippen LogP) is 4.38. The van der Waals surface area contributed by atoms with E-state index in [0.717, 1.165) is 28.6 Å². The summed E-state index contributed by atoms with van der Waals surface area (Å²) >= 11 is 0. The van der Waals surface area contributed by atoms with Crippen LogP contribution in [0.3, 0.4) is 0 Å². The molecule has 2 aromatic carbocycles. The van der Waals surface area contributed by atoms with Gasteiger partial charge >= 0.3 is 0 Å². The van der Waals surface area contributed by atoms with Crippen LogP contribution in [0.4, 0.5) is 0 Å². The van der Waals surface area contributed by atoms with E-state index < -0.39 is 6.10 Å². The molecule has 2 heteroatoms. The number of hydrogen-bond acceptors (Lipinski definition) is 1. The summed E-state index contributed by atoms with van der Waals surface area (Å²) in [4.78, 5) is 0. The minimum Gasteiger partial charge on any atom is -0.388 e. The molecule has 0 aliphatic carbocycles. The molecule has 1 atom stereocenters. The van der Waals surface area contributed by atoms with Gasteiger partial charge in [-0.25, -0.2) is 0 Å². The second-order valence-electron chi connectivity index (χ2n) is 5.23. The molecule has 0 saturated heterocycles. The van der Waals surface area contributed by atoms with Crippen molar-refractivity contribution >= 4 is 10.9 Å². The monoisotopic (exact) mass is 265 g/mol. The third kappa shape index (κ3) is 2.12. The normalized spacial score (nSPS) is 12.8. The molecular formula is C18H19NO. The Bertz CT molecular complexity index is 725. The standard InChI is InChI=1S/C18H19NO/c1-3-18(20)16-12-19(14-10-8-13(2)9-11-14)17-7-5-4-6-15(16)17/h4-12,18,20H,3H2,1-2H3. The van der Waals surface area contributed by atoms with E-state index in [-0.39, 0.29) is 0 Å². The fourth-order valence-corrected chi connectivity index (χ4v) is 2.61. The molecular weight excluding hydrogens is 246 g/mol. The average molecular weight is 265 g/mol. The summed E-state index contributed by atoms with van der Waals surface area (Å²) in [5, 5.41) is 11.3. The average Bonchev–Trinajstić information content (AvgIpc) is 2.87. The number of aliphatic hydroxyl groups is 1. The lowest BCUT2D eigenvalue weighted by Crippen LogP contribution is -1.94. The van der Waals surface area contributed by atoms with E-state index in [9.17, 15) is 5.11 Å². The van der Waals surface area contributed by atoms with Crippen molar-refractivity contribution in [2.75, 3.05) is 0 Å². The van der Waals surface area contributed by atoms with E-state index in [2.05, 4.69) is 54.1 Å². The van der Waals surface area contributed by atoms with E-state index in [1.807, 2.05) is 19.1 Å². The summed E-state index contributed by atoms with van der Waals surface area (Å²) in [5.74, 6) is 0. The molecule has 3 rings (SSSR count). The van der Waals surface area contributed by atoms with Crippen LogP contribution in [-0.4, -0.2) is 9.67 Å². The molecule has 0 aliphatic heterocycles. The molecule has 0 bridgehead atoms. The second-order valence-corrected chi connectivity index (χ2v) is 5.23. The molecule has 0 aliphatic rings. The summed E-state index contributed by atoms with van der Waals surface area (Å²) in [6.07, 6.45) is 2.37. The zero-order valence-corrected chi connectivity index (χ0v) is 11.9. The van der Waals surface area contributed by atoms with Crippen molar-refractivity contribution < 1.29 is 5.11 Å². The Morgan fingerprint density at radius 3 is 2.45 bits per heavy atom. The van der Waals surface area contributed by atoms with Crippen molar-refractivity contribution in [3.8, 4) is 5.69 Å². The fraction of sp³-hybridized carbons (Fsp3) is 0.222. The second kappa shape index (κ2) is 5.14. The van der Waals surface area contributed by atoms with Crippen molar-refractivity contribution in [3.63, 3.8) is 0 Å². The summed E-state index contributed by atoms with van der Waals surface area (Å²) < 4.78 is 2.16. The van der Waals surface area contributed by atoms with Gasteiger partial charge in [-0.3, -0.25) is 0 Å². The minimum atomic E-state index is -0.411. The van der Waals surface area contributed by atoms with Gasteiger partial charge in [0.2, 0.25) is 0 Å². The number of rotatable bonds is 3. The van der Waals surface area contributed by atoms with Gasteiger partial charge in [0.1, 0.15) is 0 Å². The highest BCUT2D eigenvalue weighted by Gasteiger charge is 2.14. The zero-order chi connectivity index (χ0) is 14.1. The Morgan fingerprint density at radius 2 is 1.75 bits per heavy atom. The number of para-hydroxylation sites is 1. The molecule has 1 aromatic heterocycles. The van der Waals surface area contributed by atoms with E-state index >= 15 is 0 Å². The number of aryl methyl sites for hydroxylation is 1. The summed E-state index contributed by atoms with van der Waals surface area (Å²) in [5.41, 5.74) is 4.52. The lowest BCUT2D eigenvalue weighted by molar-refractivity contribution is 0.175. The lowest BCUT2D eigenvalue weighted by atomic mass is 10.1. The third-order valence-electron chi connectivity index (χ3n) is 3.80. The van der Waals surface area contributed by atoms with Crippen LogP contribution in [0, 0.1) is 6.92 Å². The quantitative estimate of drug-likeness (QED) is 0.747. The number of nitrogens with zero attached hydrogens (tertiary/aromatic N) is 1. The largest absolute Gasteiger partial charge is 0.388 e. The van der Waals surface area contributed by atoms with Gasteiger partial charge in [0, 0.05) is 22.8 Å². The summed E-state index contributed by atoms with van der Waals surface area (Å²) in [6, 6.07) is 16.7. The van der Waals surface area contributed by atoms with E-state index in [1.165, 1.54) is 5.56 Å². The molecule has 1 unspecified atom stereocenters. The van der Waals surface area contributed by atoms with Crippen LogP contribution in [0.15, 0.2) is 54.7 Å². The van der Waals surface area contributed by atoms with Crippen LogP contribution in [0.5, 0.6) is 0 Å². The van der Waals surface area contributed by atoms with Crippen molar-refractivity contribution in [1.82, 2.24) is 4.57 Å². The SMILES string of the molecule is CCC(O)c1cn(-c2ccc(C)cc2)c2ccccc12. The highest BCUT2D eigenvalue weighted by Crippen LogP contribution is 2.30. The van der Waals surface area contributed by atoms with Gasteiger partial charge in [0.25, 0.3) is 0 Å². The first kappa shape index (κ1) is 12.9. The van der Waals surface area contributed by atoms with Crippen molar-refractivity contribution in [1.29, 1.82) is 0 Å². The Hall–Kier alpha value is -2.06. The molecule has 2 nitrogen and oxygen atoms in total. The van der Waals surface area contributed by atoms with Crippen molar-refractivity contribution in [3.05, 3.63) is 65.9 Å². The molecule has 3 aromatic rings. The van der Waals surface area contributed by atoms with Gasteiger partial charge < -0.3 is 9.67 Å². The Kier molecular flexibility index (Phi) is 3.33. The van der Waals surface area contributed by atoms with Crippen LogP contribution in [-0.2, 0) is 0 Å². The van der Waals surface area contributed by atoms with Crippen LogP contribution in [0.25, 0.3) is 16.6 Å². The minimum absolute atomic E-state index is 0.411. The smallest absolute Gasteiger partial charge is 0.0808 e. The zero-order valence-electron chi connectivity index (χ0n) is 11.9. The first-order valence-electron chi connectivity index (χ1n) is 7.06. The van der Waals surface area contributed by atoms with Gasteiger partial charge in [-0.15, -0.1) is 0 Å². The van der Waals surface area contributed by atoms with E-state index in [0.29, 0.717) is 0 Å². The molecule has 1 heterocycles. The first-order chi connectivity index (χ1) is 9.70. The number of fused-ring (bicyclic) bond motifs is 1. The molecule has 1 N–H and O–H groups in total. The maximum absolute atomic E-state index is 10.2. The van der Waals surface area contributed by atoms with Gasteiger partial charge in [-0.1, -0.05) is 42.8 Å². The lowest BCUT2D eigenvalue weighted by Gasteiger charge is -2.06. The van der Waals surface area contributed by atoms with Crippen LogP contribution in [0.1, 0.15) is 30.6 Å². The Balaban J connectivity index is 2.23. The highest BCUT2D eigenvalue weighted by molar-refractivity contribution is 5.86. The molecule has 102 valence electrons. The fourth-order valence-electron chi connectivity index (χ4n) is 2.61. The molecule has 0 saturated carbocycles. The molecule has 0 spiro atoms. The third-order valence-corrected chi connectivity index (χ3v) is 3.80. The van der Waals surface area contributed by atoms with E-state index in [1.54, 1.807) is 0 Å². The van der Waals surface area contributed by atoms with Gasteiger partial charge in [0.15, 0.2) is 0 Å². The Labute approximate surface area is 119 Å². The molecule has 0 amide bonds. The number of benzene rings is 2. The van der Waals surface area contributed by atoms with Crippen molar-refractivity contribution in [2.45, 2.75) is 26.4 Å². The topological polar surface area (TPSA) is 25.2 Å². The number of aliphatic hydroxyl groups excluding tert-OH is 1. The van der Waals surface area contributed by atoms with Crippen LogP contribution < -0.4 is 0 Å². The number of hydrogen-bond donors (Lipinski definition) is 1. The molecule has 20 heavy (non-hydrogen) atoms. The Morgan fingerprint density at radius 1 is 1.05 bits per heavy atom. The maximum atomic E-state index is 10.2. The van der Waals surface area contributed by atoms with Crippen molar-refractivity contribution in [2.24, 2.45) is 0 Å². The summed E-state index contributed by atoms with van der Waals surface area (Å²) in [6.45, 7) is 4.09. The van der Waals surface area contributed by atoms with Crippen LogP contribution >= 0.6 is 0 Å². The summed E-state index contributed by atoms with van der Waals surface area (Å²) in [7, 11) is 0. The molecule has 0 fully saturated rings. The highest BCUT2D eigenvalue weighted by atomic mass is 16.3. The van der Waals surface area contributed by atoms with Gasteiger partial charge in [0.05, 0.1) is 11.6 Å².